The first-order valence-corrected chi connectivity index (χ1v) is 9.64. The van der Waals surface area contributed by atoms with Crippen LogP contribution in [0.3, 0.4) is 0 Å². The van der Waals surface area contributed by atoms with E-state index in [-0.39, 0.29) is 24.2 Å². The van der Waals surface area contributed by atoms with Gasteiger partial charge in [-0.3, -0.25) is 9.59 Å². The van der Waals surface area contributed by atoms with Gasteiger partial charge in [-0.05, 0) is 37.1 Å². The van der Waals surface area contributed by atoms with Crippen molar-refractivity contribution in [2.24, 2.45) is 0 Å². The average Bonchev–Trinajstić information content (AvgIpc) is 3.50. The summed E-state index contributed by atoms with van der Waals surface area (Å²) in [6.07, 6.45) is 2.19. The number of carbonyl (C=O) groups excluding carboxylic acids is 2. The molecule has 2 amide bonds. The third-order valence-corrected chi connectivity index (χ3v) is 5.08. The normalized spacial score (nSPS) is 14.4. The minimum absolute atomic E-state index is 0.0545. The monoisotopic (exact) mass is 384 g/mol. The van der Waals surface area contributed by atoms with Gasteiger partial charge in [-0.2, -0.15) is 0 Å². The van der Waals surface area contributed by atoms with Crippen molar-refractivity contribution in [2.45, 2.75) is 39.3 Å². The number of quaternary nitrogens is 1. The van der Waals surface area contributed by atoms with E-state index in [0.717, 1.165) is 40.1 Å². The van der Waals surface area contributed by atoms with Crippen molar-refractivity contribution in [1.82, 2.24) is 5.32 Å². The van der Waals surface area contributed by atoms with Gasteiger partial charge in [-0.25, -0.2) is 4.39 Å². The van der Waals surface area contributed by atoms with E-state index in [1.54, 1.807) is 12.1 Å². The third-order valence-electron chi connectivity index (χ3n) is 5.08. The van der Waals surface area contributed by atoms with Gasteiger partial charge in [0.1, 0.15) is 12.4 Å². The van der Waals surface area contributed by atoms with Gasteiger partial charge in [0.15, 0.2) is 6.54 Å². The molecule has 6 heteroatoms. The molecule has 1 aliphatic rings. The molecule has 3 N–H and O–H groups in total. The van der Waals surface area contributed by atoms with Crippen molar-refractivity contribution >= 4 is 17.5 Å². The van der Waals surface area contributed by atoms with Crippen LogP contribution < -0.4 is 15.5 Å². The molecule has 1 aliphatic carbocycles. The van der Waals surface area contributed by atoms with E-state index < -0.39 is 0 Å². The number of nitrogens with one attached hydrogen (secondary N) is 3. The molecule has 0 radical (unpaired) electrons. The van der Waals surface area contributed by atoms with Crippen LogP contribution in [0, 0.1) is 19.7 Å². The largest absolute Gasteiger partial charge is 0.342 e. The van der Waals surface area contributed by atoms with Crippen LogP contribution in [0.15, 0.2) is 42.5 Å². The van der Waals surface area contributed by atoms with E-state index >= 15 is 0 Å². The van der Waals surface area contributed by atoms with Gasteiger partial charge >= 0.3 is 0 Å². The summed E-state index contributed by atoms with van der Waals surface area (Å²) < 4.78 is 13.1. The first-order valence-electron chi connectivity index (χ1n) is 9.64. The summed E-state index contributed by atoms with van der Waals surface area (Å²) in [6, 6.07) is 12.7. The fourth-order valence-electron chi connectivity index (χ4n) is 3.35. The summed E-state index contributed by atoms with van der Waals surface area (Å²) >= 11 is 0. The van der Waals surface area contributed by atoms with Gasteiger partial charge in [0.25, 0.3) is 5.91 Å². The number of halogens is 1. The molecule has 2 aromatic rings. The Hall–Kier alpha value is -2.73. The smallest absolute Gasteiger partial charge is 0.275 e. The van der Waals surface area contributed by atoms with Gasteiger partial charge in [-0.1, -0.05) is 30.3 Å². The lowest BCUT2D eigenvalue weighted by atomic mass is 10.1. The Labute approximate surface area is 164 Å². The second-order valence-corrected chi connectivity index (χ2v) is 7.50. The minimum atomic E-state index is -0.260. The molecule has 0 heterocycles. The molecular weight excluding hydrogens is 357 g/mol. The van der Waals surface area contributed by atoms with Crippen LogP contribution in [0.5, 0.6) is 0 Å². The molecule has 0 saturated heterocycles. The quantitative estimate of drug-likeness (QED) is 0.649. The summed E-state index contributed by atoms with van der Waals surface area (Å²) in [4.78, 5) is 25.7. The molecule has 148 valence electrons. The van der Waals surface area contributed by atoms with Gasteiger partial charge in [0, 0.05) is 24.1 Å². The second-order valence-electron chi connectivity index (χ2n) is 7.50. The lowest BCUT2D eigenvalue weighted by molar-refractivity contribution is -0.917. The molecule has 1 fully saturated rings. The zero-order chi connectivity index (χ0) is 20.1. The van der Waals surface area contributed by atoms with Crippen molar-refractivity contribution in [3.05, 3.63) is 65.0 Å². The minimum Gasteiger partial charge on any atom is -0.342 e. The topological polar surface area (TPSA) is 62.6 Å². The predicted molar refractivity (Wildman–Crippen MR) is 107 cm³/mol. The maximum absolute atomic E-state index is 13.1. The van der Waals surface area contributed by atoms with Crippen LogP contribution in [0.1, 0.15) is 29.5 Å². The highest BCUT2D eigenvalue weighted by atomic mass is 19.1. The molecular formula is C22H27FN3O2+. The van der Waals surface area contributed by atoms with E-state index in [1.165, 1.54) is 12.1 Å². The fourth-order valence-corrected chi connectivity index (χ4v) is 3.35. The highest BCUT2D eigenvalue weighted by molar-refractivity contribution is 5.95. The molecule has 1 unspecified atom stereocenters. The zero-order valence-corrected chi connectivity index (χ0v) is 16.3. The number of para-hydroxylation sites is 1. The lowest BCUT2D eigenvalue weighted by Gasteiger charge is -2.19. The number of hydrogen-bond acceptors (Lipinski definition) is 2. The van der Waals surface area contributed by atoms with Crippen LogP contribution in [-0.2, 0) is 16.1 Å². The number of aryl methyl sites for hydroxylation is 2. The summed E-state index contributed by atoms with van der Waals surface area (Å²) in [7, 11) is 0. The summed E-state index contributed by atoms with van der Waals surface area (Å²) in [5, 5.41) is 5.59. The highest BCUT2D eigenvalue weighted by Gasteiger charge is 2.34. The van der Waals surface area contributed by atoms with Crippen LogP contribution in [0.2, 0.25) is 0 Å². The van der Waals surface area contributed by atoms with E-state index in [0.29, 0.717) is 19.1 Å². The van der Waals surface area contributed by atoms with Gasteiger partial charge in [0.05, 0.1) is 12.6 Å². The first-order chi connectivity index (χ1) is 13.4. The lowest BCUT2D eigenvalue weighted by Crippen LogP contribution is -3.13. The van der Waals surface area contributed by atoms with Crippen LogP contribution >= 0.6 is 0 Å². The Bertz CT molecular complexity index is 827. The molecule has 0 bridgehead atoms. The average molecular weight is 384 g/mol. The van der Waals surface area contributed by atoms with E-state index in [4.69, 9.17) is 0 Å². The molecule has 28 heavy (non-hydrogen) atoms. The molecule has 0 aliphatic heterocycles. The molecule has 0 spiro atoms. The SMILES string of the molecule is Cc1cccc(C)c1NC(=O)CNC(=O)C[NH+](Cc1ccc(F)cc1)C1CC1. The number of benzene rings is 2. The molecule has 1 saturated carbocycles. The maximum atomic E-state index is 13.1. The highest BCUT2D eigenvalue weighted by Crippen LogP contribution is 2.19. The van der Waals surface area contributed by atoms with Gasteiger partial charge in [-0.15, -0.1) is 0 Å². The van der Waals surface area contributed by atoms with Crippen molar-refractivity contribution < 1.29 is 18.9 Å². The van der Waals surface area contributed by atoms with Crippen molar-refractivity contribution in [3.8, 4) is 0 Å². The Morgan fingerprint density at radius 1 is 1.04 bits per heavy atom. The number of anilines is 1. The van der Waals surface area contributed by atoms with Crippen molar-refractivity contribution in [2.75, 3.05) is 18.4 Å². The molecule has 3 rings (SSSR count). The standard InChI is InChI=1S/C22H26FN3O2/c1-15-4-3-5-16(2)22(15)25-20(27)12-24-21(28)14-26(19-10-11-19)13-17-6-8-18(23)9-7-17/h3-9,19H,10-14H2,1-2H3,(H,24,28)(H,25,27)/p+1. The zero-order valence-electron chi connectivity index (χ0n) is 16.3. The first kappa shape index (κ1) is 20.0. The summed E-state index contributed by atoms with van der Waals surface area (Å²) in [5.41, 5.74) is 3.78. The predicted octanol–water partition coefficient (Wildman–Crippen LogP) is 1.74. The second kappa shape index (κ2) is 8.97. The Morgan fingerprint density at radius 2 is 1.68 bits per heavy atom. The molecule has 5 nitrogen and oxygen atoms in total. The van der Waals surface area contributed by atoms with Gasteiger partial charge < -0.3 is 15.5 Å². The van der Waals surface area contributed by atoms with Crippen LogP contribution in [0.25, 0.3) is 0 Å². The van der Waals surface area contributed by atoms with Crippen LogP contribution in [-0.4, -0.2) is 30.9 Å². The van der Waals surface area contributed by atoms with Crippen LogP contribution in [0.4, 0.5) is 10.1 Å². The maximum Gasteiger partial charge on any atom is 0.275 e. The van der Waals surface area contributed by atoms with Crippen molar-refractivity contribution in [3.63, 3.8) is 0 Å². The Balaban J connectivity index is 1.49. The summed E-state index contributed by atoms with van der Waals surface area (Å²) in [5.74, 6) is -0.651. The molecule has 2 aromatic carbocycles. The van der Waals surface area contributed by atoms with E-state index in [1.807, 2.05) is 32.0 Å². The Morgan fingerprint density at radius 3 is 2.29 bits per heavy atom. The number of amides is 2. The number of carbonyl (C=O) groups is 2. The molecule has 1 atom stereocenters. The third kappa shape index (κ3) is 5.63. The number of rotatable bonds is 8. The Kier molecular flexibility index (Phi) is 6.41. The van der Waals surface area contributed by atoms with Gasteiger partial charge in [0.2, 0.25) is 5.91 Å². The fraction of sp³-hybridized carbons (Fsp3) is 0.364. The van der Waals surface area contributed by atoms with Crippen molar-refractivity contribution in [1.29, 1.82) is 0 Å². The molecule has 0 aromatic heterocycles. The summed E-state index contributed by atoms with van der Waals surface area (Å²) in [6.45, 7) is 4.80. The van der Waals surface area contributed by atoms with E-state index in [9.17, 15) is 14.0 Å². The number of hydrogen-bond donors (Lipinski definition) is 3. The van der Waals surface area contributed by atoms with E-state index in [2.05, 4.69) is 10.6 Å².